The highest BCUT2D eigenvalue weighted by Gasteiger charge is 2.09. The van der Waals surface area contributed by atoms with Crippen LogP contribution in [0.1, 0.15) is 27.6 Å². The number of hydrogen-bond acceptors (Lipinski definition) is 4. The highest BCUT2D eigenvalue weighted by Crippen LogP contribution is 2.23. The van der Waals surface area contributed by atoms with Crippen molar-refractivity contribution in [2.24, 2.45) is 0 Å². The van der Waals surface area contributed by atoms with Crippen molar-refractivity contribution in [3.8, 4) is 22.6 Å². The lowest BCUT2D eigenvalue weighted by Crippen LogP contribution is -2.08. The number of carbonyl (C=O) groups excluding carboxylic acids is 2. The van der Waals surface area contributed by atoms with Crippen LogP contribution >= 0.6 is 0 Å². The van der Waals surface area contributed by atoms with Crippen molar-refractivity contribution in [2.45, 2.75) is 6.92 Å². The summed E-state index contributed by atoms with van der Waals surface area (Å²) in [5.41, 5.74) is 2.87. The van der Waals surface area contributed by atoms with E-state index in [9.17, 15) is 14.7 Å². The monoisotopic (exact) mass is 332 g/mol. The molecule has 3 rings (SSSR count). The third-order valence-electron chi connectivity index (χ3n) is 3.79. The minimum absolute atomic E-state index is 0.0392. The first-order chi connectivity index (χ1) is 12.0. The number of phenols is 1. The zero-order valence-electron chi connectivity index (χ0n) is 13.6. The summed E-state index contributed by atoms with van der Waals surface area (Å²) < 4.78 is 5.31. The molecule has 0 fully saturated rings. The molecule has 1 N–H and O–H groups in total. The molecular weight excluding hydrogens is 316 g/mol. The molecule has 124 valence electrons. The molecule has 0 unspecified atom stereocenters. The summed E-state index contributed by atoms with van der Waals surface area (Å²) in [5.74, 6) is 0.0906. The molecular formula is C21H16O4. The van der Waals surface area contributed by atoms with Gasteiger partial charge in [-0.1, -0.05) is 24.3 Å². The van der Waals surface area contributed by atoms with E-state index in [4.69, 9.17) is 4.74 Å². The van der Waals surface area contributed by atoms with Crippen LogP contribution in [0.25, 0.3) is 11.1 Å². The van der Waals surface area contributed by atoms with Gasteiger partial charge in [-0.25, -0.2) is 4.79 Å². The maximum Gasteiger partial charge on any atom is 0.343 e. The van der Waals surface area contributed by atoms with E-state index in [1.165, 1.54) is 6.92 Å². The molecule has 4 nitrogen and oxygen atoms in total. The van der Waals surface area contributed by atoms with Crippen molar-refractivity contribution in [2.75, 3.05) is 0 Å². The summed E-state index contributed by atoms with van der Waals surface area (Å²) in [7, 11) is 0. The molecule has 0 spiro atoms. The van der Waals surface area contributed by atoms with Crippen molar-refractivity contribution in [1.29, 1.82) is 0 Å². The molecule has 0 atom stereocenters. The number of ether oxygens (including phenoxy) is 1. The highest BCUT2D eigenvalue weighted by molar-refractivity contribution is 5.94. The fourth-order valence-corrected chi connectivity index (χ4v) is 2.38. The molecule has 3 aromatic rings. The summed E-state index contributed by atoms with van der Waals surface area (Å²) in [6.07, 6.45) is 0. The Bertz CT molecular complexity index is 892. The van der Waals surface area contributed by atoms with Crippen LogP contribution in [0.2, 0.25) is 0 Å². The average Bonchev–Trinajstić information content (AvgIpc) is 2.63. The Balaban J connectivity index is 1.72. The van der Waals surface area contributed by atoms with E-state index < -0.39 is 5.97 Å². The van der Waals surface area contributed by atoms with Gasteiger partial charge in [-0.15, -0.1) is 0 Å². The van der Waals surface area contributed by atoms with Crippen LogP contribution in [0.4, 0.5) is 0 Å². The third-order valence-corrected chi connectivity index (χ3v) is 3.79. The van der Waals surface area contributed by atoms with Crippen LogP contribution in [0.15, 0.2) is 72.8 Å². The quantitative estimate of drug-likeness (QED) is 0.435. The SMILES string of the molecule is CC(=O)c1ccc(OC(=O)c2ccc(-c3ccc(O)cc3)cc2)cc1. The fourth-order valence-electron chi connectivity index (χ4n) is 2.38. The van der Waals surface area contributed by atoms with Gasteiger partial charge in [0.1, 0.15) is 11.5 Å². The molecule has 0 aromatic heterocycles. The molecule has 0 aliphatic heterocycles. The van der Waals surface area contributed by atoms with E-state index in [1.807, 2.05) is 12.1 Å². The van der Waals surface area contributed by atoms with E-state index in [2.05, 4.69) is 0 Å². The highest BCUT2D eigenvalue weighted by atomic mass is 16.5. The number of ketones is 1. The third kappa shape index (κ3) is 3.93. The largest absolute Gasteiger partial charge is 0.508 e. The Labute approximate surface area is 145 Å². The predicted octanol–water partition coefficient (Wildman–Crippen LogP) is 4.48. The zero-order valence-corrected chi connectivity index (χ0v) is 13.6. The number of rotatable bonds is 4. The fraction of sp³-hybridized carbons (Fsp3) is 0.0476. The number of Topliss-reactive ketones (excluding diaryl/α,β-unsaturated/α-hetero) is 1. The van der Waals surface area contributed by atoms with Gasteiger partial charge in [-0.3, -0.25) is 4.79 Å². The van der Waals surface area contributed by atoms with Crippen molar-refractivity contribution in [1.82, 2.24) is 0 Å². The Morgan fingerprint density at radius 1 is 0.720 bits per heavy atom. The Hall–Kier alpha value is -3.40. The van der Waals surface area contributed by atoms with Crippen molar-refractivity contribution < 1.29 is 19.4 Å². The van der Waals surface area contributed by atoms with Gasteiger partial charge in [0.25, 0.3) is 0 Å². The minimum atomic E-state index is -0.465. The van der Waals surface area contributed by atoms with Gasteiger partial charge in [-0.2, -0.15) is 0 Å². The van der Waals surface area contributed by atoms with E-state index in [1.54, 1.807) is 60.7 Å². The van der Waals surface area contributed by atoms with Crippen LogP contribution in [-0.2, 0) is 0 Å². The summed E-state index contributed by atoms with van der Waals surface area (Å²) in [5, 5.41) is 9.33. The van der Waals surface area contributed by atoms with Crippen molar-refractivity contribution in [3.05, 3.63) is 83.9 Å². The summed E-state index contributed by atoms with van der Waals surface area (Å²) in [6.45, 7) is 1.48. The predicted molar refractivity (Wildman–Crippen MR) is 94.9 cm³/mol. The Kier molecular flexibility index (Phi) is 4.61. The molecule has 0 aliphatic carbocycles. The van der Waals surface area contributed by atoms with E-state index in [0.717, 1.165) is 11.1 Å². The topological polar surface area (TPSA) is 63.6 Å². The van der Waals surface area contributed by atoms with E-state index >= 15 is 0 Å². The number of hydrogen-bond donors (Lipinski definition) is 1. The van der Waals surface area contributed by atoms with Gasteiger partial charge < -0.3 is 9.84 Å². The smallest absolute Gasteiger partial charge is 0.343 e. The molecule has 0 radical (unpaired) electrons. The second-order valence-electron chi connectivity index (χ2n) is 5.59. The van der Waals surface area contributed by atoms with Crippen LogP contribution < -0.4 is 4.74 Å². The first kappa shape index (κ1) is 16.5. The number of benzene rings is 3. The van der Waals surface area contributed by atoms with E-state index in [0.29, 0.717) is 16.9 Å². The molecule has 0 saturated heterocycles. The average molecular weight is 332 g/mol. The van der Waals surface area contributed by atoms with Crippen molar-refractivity contribution >= 4 is 11.8 Å². The number of phenolic OH excluding ortho intramolecular Hbond substituents is 1. The number of aromatic hydroxyl groups is 1. The van der Waals surface area contributed by atoms with Crippen LogP contribution in [-0.4, -0.2) is 16.9 Å². The molecule has 0 bridgehead atoms. The maximum absolute atomic E-state index is 12.2. The lowest BCUT2D eigenvalue weighted by atomic mass is 10.0. The molecule has 0 heterocycles. The Morgan fingerprint density at radius 3 is 1.72 bits per heavy atom. The van der Waals surface area contributed by atoms with Gasteiger partial charge in [-0.05, 0) is 66.6 Å². The molecule has 4 heteroatoms. The maximum atomic E-state index is 12.2. The molecule has 25 heavy (non-hydrogen) atoms. The lowest BCUT2D eigenvalue weighted by Gasteiger charge is -2.06. The van der Waals surface area contributed by atoms with Crippen molar-refractivity contribution in [3.63, 3.8) is 0 Å². The van der Waals surface area contributed by atoms with Gasteiger partial charge in [0.2, 0.25) is 0 Å². The Morgan fingerprint density at radius 2 is 1.20 bits per heavy atom. The molecule has 3 aromatic carbocycles. The van der Waals surface area contributed by atoms with Gasteiger partial charge in [0, 0.05) is 5.56 Å². The standard InChI is InChI=1S/C21H16O4/c1-14(22)15-8-12-20(13-9-15)25-21(24)18-4-2-16(3-5-18)17-6-10-19(23)11-7-17/h2-13,23H,1H3. The van der Waals surface area contributed by atoms with Gasteiger partial charge in [0.05, 0.1) is 5.56 Å². The summed E-state index contributed by atoms with van der Waals surface area (Å²) in [6, 6.07) is 20.3. The van der Waals surface area contributed by atoms with Gasteiger partial charge >= 0.3 is 5.97 Å². The summed E-state index contributed by atoms with van der Waals surface area (Å²) >= 11 is 0. The molecule has 0 saturated carbocycles. The summed E-state index contributed by atoms with van der Waals surface area (Å²) in [4.78, 5) is 23.4. The molecule has 0 aliphatic rings. The molecule has 0 amide bonds. The number of carbonyl (C=O) groups is 2. The lowest BCUT2D eigenvalue weighted by molar-refractivity contribution is 0.0734. The number of esters is 1. The van der Waals surface area contributed by atoms with E-state index in [-0.39, 0.29) is 11.5 Å². The normalized spacial score (nSPS) is 10.3. The second kappa shape index (κ2) is 7.01. The van der Waals surface area contributed by atoms with Crippen LogP contribution in [0.3, 0.4) is 0 Å². The minimum Gasteiger partial charge on any atom is -0.508 e. The second-order valence-corrected chi connectivity index (χ2v) is 5.59. The van der Waals surface area contributed by atoms with Crippen LogP contribution in [0, 0.1) is 0 Å². The first-order valence-corrected chi connectivity index (χ1v) is 7.75. The first-order valence-electron chi connectivity index (χ1n) is 7.75. The van der Waals surface area contributed by atoms with Gasteiger partial charge in [0.15, 0.2) is 5.78 Å². The zero-order chi connectivity index (χ0) is 17.8. The van der Waals surface area contributed by atoms with Crippen LogP contribution in [0.5, 0.6) is 11.5 Å².